The van der Waals surface area contributed by atoms with Gasteiger partial charge in [0.05, 0.1) is 12.0 Å². The Morgan fingerprint density at radius 3 is 2.63 bits per heavy atom. The average molecular weight is 283 g/mol. The normalized spacial score (nSPS) is 18.5. The molecule has 0 aliphatic heterocycles. The van der Waals surface area contributed by atoms with Gasteiger partial charge in [-0.1, -0.05) is 33.1 Å². The van der Waals surface area contributed by atoms with Gasteiger partial charge in [0.1, 0.15) is 5.82 Å². The average Bonchev–Trinajstić information content (AvgIpc) is 2.77. The lowest BCUT2D eigenvalue weighted by atomic mass is 9.79. The molecule has 5 nitrogen and oxygen atoms in total. The number of carbonyl (C=O) groups is 1. The summed E-state index contributed by atoms with van der Waals surface area (Å²) in [6.45, 7) is 4.11. The lowest BCUT2D eigenvalue weighted by Crippen LogP contribution is -2.42. The Kier molecular flexibility index (Phi) is 4.39. The predicted molar refractivity (Wildman–Crippen MR) is 75.7 cm³/mol. The van der Waals surface area contributed by atoms with Crippen LogP contribution in [0.5, 0.6) is 0 Å². The maximum Gasteiger partial charge on any atom is 0.305 e. The minimum Gasteiger partial charge on any atom is -0.481 e. The van der Waals surface area contributed by atoms with Crippen molar-refractivity contribution < 1.29 is 9.90 Å². The van der Waals surface area contributed by atoms with Crippen LogP contribution in [0.3, 0.4) is 0 Å². The summed E-state index contributed by atoms with van der Waals surface area (Å²) in [5.74, 6) is 0.380. The van der Waals surface area contributed by atoms with E-state index < -0.39 is 5.97 Å². The smallest absolute Gasteiger partial charge is 0.305 e. The van der Waals surface area contributed by atoms with Crippen molar-refractivity contribution in [2.45, 2.75) is 63.8 Å². The van der Waals surface area contributed by atoms with E-state index in [-0.39, 0.29) is 12.0 Å². The van der Waals surface area contributed by atoms with Gasteiger partial charge in [-0.3, -0.25) is 4.79 Å². The highest BCUT2D eigenvalue weighted by atomic mass is 32.1. The Balaban J connectivity index is 2.12. The number of rotatable bonds is 5. The predicted octanol–water partition coefficient (Wildman–Crippen LogP) is 3.25. The van der Waals surface area contributed by atoms with Gasteiger partial charge in [-0.2, -0.15) is 4.37 Å². The fourth-order valence-corrected chi connectivity index (χ4v) is 3.44. The van der Waals surface area contributed by atoms with E-state index in [1.165, 1.54) is 18.0 Å². The zero-order chi connectivity index (χ0) is 13.9. The van der Waals surface area contributed by atoms with E-state index in [4.69, 9.17) is 5.11 Å². The molecule has 0 bridgehead atoms. The molecule has 1 heterocycles. The molecule has 0 atom stereocenters. The molecule has 1 fully saturated rings. The topological polar surface area (TPSA) is 75.1 Å². The molecule has 2 N–H and O–H groups in total. The highest BCUT2D eigenvalue weighted by Gasteiger charge is 2.35. The van der Waals surface area contributed by atoms with E-state index in [0.717, 1.165) is 36.6 Å². The zero-order valence-electron chi connectivity index (χ0n) is 11.5. The third kappa shape index (κ3) is 3.65. The Morgan fingerprint density at radius 1 is 1.42 bits per heavy atom. The van der Waals surface area contributed by atoms with E-state index in [1.54, 1.807) is 0 Å². The van der Waals surface area contributed by atoms with Crippen LogP contribution in [0.2, 0.25) is 0 Å². The van der Waals surface area contributed by atoms with E-state index in [0.29, 0.717) is 5.92 Å². The van der Waals surface area contributed by atoms with Gasteiger partial charge in [0, 0.05) is 17.5 Å². The molecule has 0 amide bonds. The number of carboxylic acids is 1. The SMILES string of the molecule is CC(C)c1nsc(NC2(CC(=O)O)CCCCC2)n1. The van der Waals surface area contributed by atoms with Crippen molar-refractivity contribution in [2.24, 2.45) is 0 Å². The number of aliphatic carboxylic acids is 1. The van der Waals surface area contributed by atoms with Crippen molar-refractivity contribution in [3.63, 3.8) is 0 Å². The second kappa shape index (κ2) is 5.86. The molecule has 1 aromatic heterocycles. The molecular weight excluding hydrogens is 262 g/mol. The number of carboxylic acid groups (broad SMARTS) is 1. The van der Waals surface area contributed by atoms with Crippen molar-refractivity contribution >= 4 is 22.6 Å². The molecule has 0 saturated heterocycles. The molecule has 19 heavy (non-hydrogen) atoms. The summed E-state index contributed by atoms with van der Waals surface area (Å²) < 4.78 is 4.31. The fraction of sp³-hybridized carbons (Fsp3) is 0.769. The van der Waals surface area contributed by atoms with Gasteiger partial charge in [0.25, 0.3) is 0 Å². The molecule has 0 spiro atoms. The summed E-state index contributed by atoms with van der Waals surface area (Å²) in [4.78, 5) is 15.6. The number of nitrogens with one attached hydrogen (secondary N) is 1. The van der Waals surface area contributed by atoms with Crippen LogP contribution in [0, 0.1) is 0 Å². The maximum absolute atomic E-state index is 11.1. The second-order valence-corrected chi connectivity index (χ2v) is 6.40. The molecule has 1 aromatic rings. The summed E-state index contributed by atoms with van der Waals surface area (Å²) in [6, 6.07) is 0. The summed E-state index contributed by atoms with van der Waals surface area (Å²) in [5, 5.41) is 13.3. The molecule has 1 aliphatic carbocycles. The number of hydrogen-bond acceptors (Lipinski definition) is 5. The van der Waals surface area contributed by atoms with Crippen LogP contribution in [-0.2, 0) is 4.79 Å². The zero-order valence-corrected chi connectivity index (χ0v) is 12.3. The summed E-state index contributed by atoms with van der Waals surface area (Å²) in [6.07, 6.45) is 5.30. The largest absolute Gasteiger partial charge is 0.481 e. The Labute approximate surface area is 117 Å². The number of aromatic nitrogens is 2. The lowest BCUT2D eigenvalue weighted by molar-refractivity contribution is -0.138. The third-order valence-electron chi connectivity index (χ3n) is 3.63. The molecule has 6 heteroatoms. The first kappa shape index (κ1) is 14.2. The van der Waals surface area contributed by atoms with Crippen molar-refractivity contribution in [2.75, 3.05) is 5.32 Å². The van der Waals surface area contributed by atoms with Crippen LogP contribution in [0.1, 0.15) is 64.1 Å². The van der Waals surface area contributed by atoms with Gasteiger partial charge in [-0.05, 0) is 12.8 Å². The Bertz CT molecular complexity index is 439. The monoisotopic (exact) mass is 283 g/mol. The quantitative estimate of drug-likeness (QED) is 0.867. The summed E-state index contributed by atoms with van der Waals surface area (Å²) in [5.41, 5.74) is -0.335. The van der Waals surface area contributed by atoms with E-state index in [2.05, 4.69) is 28.5 Å². The number of hydrogen-bond donors (Lipinski definition) is 2. The standard InChI is InChI=1S/C13H21N3O2S/c1-9(2)11-14-12(19-16-11)15-13(8-10(17)18)6-4-3-5-7-13/h9H,3-8H2,1-2H3,(H,17,18)(H,14,15,16). The summed E-state index contributed by atoms with van der Waals surface area (Å²) >= 11 is 1.33. The fourth-order valence-electron chi connectivity index (χ4n) is 2.61. The third-order valence-corrected chi connectivity index (χ3v) is 4.28. The van der Waals surface area contributed by atoms with Crippen LogP contribution in [-0.4, -0.2) is 26.0 Å². The molecule has 106 valence electrons. The van der Waals surface area contributed by atoms with E-state index in [9.17, 15) is 4.79 Å². The van der Waals surface area contributed by atoms with Gasteiger partial charge in [-0.25, -0.2) is 4.98 Å². The highest BCUT2D eigenvalue weighted by Crippen LogP contribution is 2.35. The minimum atomic E-state index is -0.747. The molecule has 0 radical (unpaired) electrons. The van der Waals surface area contributed by atoms with Crippen molar-refractivity contribution in [3.8, 4) is 0 Å². The van der Waals surface area contributed by atoms with Crippen molar-refractivity contribution in [3.05, 3.63) is 5.82 Å². The van der Waals surface area contributed by atoms with Gasteiger partial charge in [0.2, 0.25) is 5.13 Å². The Hall–Kier alpha value is -1.17. The van der Waals surface area contributed by atoms with Crippen molar-refractivity contribution in [1.29, 1.82) is 0 Å². The summed E-state index contributed by atoms with van der Waals surface area (Å²) in [7, 11) is 0. The van der Waals surface area contributed by atoms with E-state index in [1.807, 2.05) is 0 Å². The van der Waals surface area contributed by atoms with Gasteiger partial charge >= 0.3 is 5.97 Å². The Morgan fingerprint density at radius 2 is 2.11 bits per heavy atom. The van der Waals surface area contributed by atoms with Crippen LogP contribution >= 0.6 is 11.5 Å². The molecular formula is C13H21N3O2S. The molecule has 1 saturated carbocycles. The first-order valence-electron chi connectivity index (χ1n) is 6.84. The first-order valence-corrected chi connectivity index (χ1v) is 7.62. The minimum absolute atomic E-state index is 0.156. The number of anilines is 1. The molecule has 2 rings (SSSR count). The first-order chi connectivity index (χ1) is 9.01. The highest BCUT2D eigenvalue weighted by molar-refractivity contribution is 7.09. The van der Waals surface area contributed by atoms with Crippen molar-refractivity contribution in [1.82, 2.24) is 9.36 Å². The maximum atomic E-state index is 11.1. The second-order valence-electron chi connectivity index (χ2n) is 5.65. The van der Waals surface area contributed by atoms with Crippen LogP contribution < -0.4 is 5.32 Å². The number of nitrogens with zero attached hydrogens (tertiary/aromatic N) is 2. The van der Waals surface area contributed by atoms with Gasteiger partial charge in [0.15, 0.2) is 0 Å². The molecule has 0 unspecified atom stereocenters. The van der Waals surface area contributed by atoms with Crippen LogP contribution in [0.4, 0.5) is 5.13 Å². The van der Waals surface area contributed by atoms with E-state index >= 15 is 0 Å². The van der Waals surface area contributed by atoms with Gasteiger partial charge in [-0.15, -0.1) is 0 Å². The molecule has 1 aliphatic rings. The van der Waals surface area contributed by atoms with Crippen LogP contribution in [0.15, 0.2) is 0 Å². The van der Waals surface area contributed by atoms with Gasteiger partial charge < -0.3 is 10.4 Å². The molecule has 0 aromatic carbocycles. The van der Waals surface area contributed by atoms with Crippen LogP contribution in [0.25, 0.3) is 0 Å². The lowest BCUT2D eigenvalue weighted by Gasteiger charge is -2.36.